The Bertz CT molecular complexity index is 914. The smallest absolute Gasteiger partial charge is 0.255 e. The highest BCUT2D eigenvalue weighted by Gasteiger charge is 2.24. The van der Waals surface area contributed by atoms with E-state index in [-0.39, 0.29) is 11.8 Å². The molecule has 2 aromatic carbocycles. The van der Waals surface area contributed by atoms with Crippen LogP contribution in [0.3, 0.4) is 0 Å². The van der Waals surface area contributed by atoms with Crippen molar-refractivity contribution in [2.75, 3.05) is 30.5 Å². The average Bonchev–Trinajstić information content (AvgIpc) is 3.12. The number of hydrogen-bond acceptors (Lipinski definition) is 4. The molecule has 29 heavy (non-hydrogen) atoms. The van der Waals surface area contributed by atoms with Crippen LogP contribution in [0.2, 0.25) is 5.02 Å². The first-order chi connectivity index (χ1) is 13.9. The fraction of sp³-hybridized carbons (Fsp3) is 0.364. The van der Waals surface area contributed by atoms with Gasteiger partial charge < -0.3 is 19.7 Å². The van der Waals surface area contributed by atoms with Crippen molar-refractivity contribution < 1.29 is 19.1 Å². The van der Waals surface area contributed by atoms with E-state index >= 15 is 0 Å². The van der Waals surface area contributed by atoms with Gasteiger partial charge >= 0.3 is 0 Å². The average molecular weight is 417 g/mol. The summed E-state index contributed by atoms with van der Waals surface area (Å²) in [5.41, 5.74) is 1.60. The zero-order valence-corrected chi connectivity index (χ0v) is 17.6. The Kier molecular flexibility index (Phi) is 6.64. The van der Waals surface area contributed by atoms with Crippen molar-refractivity contribution in [1.29, 1.82) is 0 Å². The Morgan fingerprint density at radius 3 is 2.69 bits per heavy atom. The second-order valence-electron chi connectivity index (χ2n) is 7.31. The zero-order chi connectivity index (χ0) is 21.0. The number of ether oxygens (including phenoxy) is 2. The summed E-state index contributed by atoms with van der Waals surface area (Å²) in [5.74, 6) is 0.847. The van der Waals surface area contributed by atoms with E-state index in [1.54, 1.807) is 23.1 Å². The molecular weight excluding hydrogens is 392 g/mol. The Labute approximate surface area is 175 Å². The number of methoxy groups -OCH3 is 1. The molecule has 1 N–H and O–H groups in total. The van der Waals surface area contributed by atoms with Crippen molar-refractivity contribution in [1.82, 2.24) is 0 Å². The molecule has 1 fully saturated rings. The molecule has 2 aromatic rings. The molecule has 0 atom stereocenters. The first kappa shape index (κ1) is 21.0. The fourth-order valence-electron chi connectivity index (χ4n) is 3.15. The minimum absolute atomic E-state index is 0.0584. The molecule has 1 heterocycles. The first-order valence-corrected chi connectivity index (χ1v) is 9.99. The van der Waals surface area contributed by atoms with Crippen molar-refractivity contribution in [2.24, 2.45) is 5.92 Å². The van der Waals surface area contributed by atoms with Gasteiger partial charge in [0.25, 0.3) is 5.91 Å². The third-order valence-corrected chi connectivity index (χ3v) is 4.85. The SMILES string of the molecule is COc1cc(C(=O)Nc2ccccc2N2CCCC2=O)cc(Cl)c1OCC(C)C. The number of benzene rings is 2. The summed E-state index contributed by atoms with van der Waals surface area (Å²) in [7, 11) is 1.50. The predicted octanol–water partition coefficient (Wildman–Crippen LogP) is 4.76. The monoisotopic (exact) mass is 416 g/mol. The van der Waals surface area contributed by atoms with Crippen LogP contribution >= 0.6 is 11.6 Å². The van der Waals surface area contributed by atoms with Crippen LogP contribution in [-0.2, 0) is 4.79 Å². The van der Waals surface area contributed by atoms with Crippen LogP contribution in [-0.4, -0.2) is 32.1 Å². The molecule has 0 saturated carbocycles. The molecule has 2 amide bonds. The van der Waals surface area contributed by atoms with Crippen LogP contribution in [0.25, 0.3) is 0 Å². The number of rotatable bonds is 7. The first-order valence-electron chi connectivity index (χ1n) is 9.61. The van der Waals surface area contributed by atoms with Gasteiger partial charge in [-0.15, -0.1) is 0 Å². The van der Waals surface area contributed by atoms with E-state index in [0.29, 0.717) is 59.0 Å². The second kappa shape index (κ2) is 9.18. The molecule has 3 rings (SSSR count). The number of para-hydroxylation sites is 2. The maximum Gasteiger partial charge on any atom is 0.255 e. The maximum atomic E-state index is 12.9. The summed E-state index contributed by atoms with van der Waals surface area (Å²) in [5, 5.41) is 3.19. The van der Waals surface area contributed by atoms with Gasteiger partial charge in [0.1, 0.15) is 0 Å². The van der Waals surface area contributed by atoms with Crippen LogP contribution in [0, 0.1) is 5.92 Å². The number of nitrogens with zero attached hydrogens (tertiary/aromatic N) is 1. The molecule has 0 unspecified atom stereocenters. The van der Waals surface area contributed by atoms with Gasteiger partial charge in [-0.2, -0.15) is 0 Å². The summed E-state index contributed by atoms with van der Waals surface area (Å²) in [6, 6.07) is 10.4. The third-order valence-electron chi connectivity index (χ3n) is 4.57. The number of hydrogen-bond donors (Lipinski definition) is 1. The van der Waals surface area contributed by atoms with E-state index in [1.165, 1.54) is 7.11 Å². The topological polar surface area (TPSA) is 67.9 Å². The van der Waals surface area contributed by atoms with Gasteiger partial charge in [-0.3, -0.25) is 9.59 Å². The molecule has 7 heteroatoms. The van der Waals surface area contributed by atoms with Crippen molar-refractivity contribution in [2.45, 2.75) is 26.7 Å². The maximum absolute atomic E-state index is 12.9. The van der Waals surface area contributed by atoms with Crippen LogP contribution in [0.1, 0.15) is 37.0 Å². The number of halogens is 1. The second-order valence-corrected chi connectivity index (χ2v) is 7.72. The van der Waals surface area contributed by atoms with Crippen LogP contribution in [0.5, 0.6) is 11.5 Å². The minimum Gasteiger partial charge on any atom is -0.493 e. The quantitative estimate of drug-likeness (QED) is 0.706. The third kappa shape index (κ3) is 4.82. The lowest BCUT2D eigenvalue weighted by Gasteiger charge is -2.20. The number of amides is 2. The Hall–Kier alpha value is -2.73. The van der Waals surface area contributed by atoms with Gasteiger partial charge in [0.2, 0.25) is 5.91 Å². The van der Waals surface area contributed by atoms with E-state index in [4.69, 9.17) is 21.1 Å². The molecule has 0 aliphatic carbocycles. The molecule has 1 aliphatic rings. The fourth-order valence-corrected chi connectivity index (χ4v) is 3.42. The Morgan fingerprint density at radius 1 is 1.28 bits per heavy atom. The van der Waals surface area contributed by atoms with Crippen LogP contribution in [0.4, 0.5) is 11.4 Å². The van der Waals surface area contributed by atoms with E-state index < -0.39 is 0 Å². The van der Waals surface area contributed by atoms with Gasteiger partial charge in [-0.1, -0.05) is 37.6 Å². The zero-order valence-electron chi connectivity index (χ0n) is 16.8. The van der Waals surface area contributed by atoms with E-state index in [9.17, 15) is 9.59 Å². The molecule has 0 radical (unpaired) electrons. The largest absolute Gasteiger partial charge is 0.493 e. The molecule has 0 spiro atoms. The van der Waals surface area contributed by atoms with Crippen molar-refractivity contribution in [3.8, 4) is 11.5 Å². The van der Waals surface area contributed by atoms with Gasteiger partial charge in [0.15, 0.2) is 11.5 Å². The Morgan fingerprint density at radius 2 is 2.03 bits per heavy atom. The molecule has 1 aliphatic heterocycles. The molecular formula is C22H25ClN2O4. The molecule has 1 saturated heterocycles. The van der Waals surface area contributed by atoms with Gasteiger partial charge in [0, 0.05) is 18.5 Å². The predicted molar refractivity (Wildman–Crippen MR) is 114 cm³/mol. The van der Waals surface area contributed by atoms with E-state index in [0.717, 1.165) is 6.42 Å². The lowest BCUT2D eigenvalue weighted by molar-refractivity contribution is -0.117. The molecule has 6 nitrogen and oxygen atoms in total. The van der Waals surface area contributed by atoms with Crippen molar-refractivity contribution >= 4 is 34.8 Å². The van der Waals surface area contributed by atoms with Crippen LogP contribution < -0.4 is 19.7 Å². The molecule has 154 valence electrons. The highest BCUT2D eigenvalue weighted by molar-refractivity contribution is 6.32. The summed E-state index contributed by atoms with van der Waals surface area (Å²) in [6.45, 7) is 5.20. The number of nitrogens with one attached hydrogen (secondary N) is 1. The highest BCUT2D eigenvalue weighted by Crippen LogP contribution is 2.37. The lowest BCUT2D eigenvalue weighted by atomic mass is 10.1. The van der Waals surface area contributed by atoms with Crippen molar-refractivity contribution in [3.05, 3.63) is 47.0 Å². The number of anilines is 2. The lowest BCUT2D eigenvalue weighted by Crippen LogP contribution is -2.25. The minimum atomic E-state index is -0.347. The van der Waals surface area contributed by atoms with Gasteiger partial charge in [-0.25, -0.2) is 0 Å². The standard InChI is InChI=1S/C22H25ClN2O4/c1-14(2)13-29-21-16(23)11-15(12-19(21)28-3)22(27)24-17-7-4-5-8-18(17)25-10-6-9-20(25)26/h4-5,7-8,11-12,14H,6,9-10,13H2,1-3H3,(H,24,27). The number of carbonyl (C=O) groups excluding carboxylic acids is 2. The Balaban J connectivity index is 1.85. The summed E-state index contributed by atoms with van der Waals surface area (Å²) < 4.78 is 11.1. The number of carbonyl (C=O) groups is 2. The summed E-state index contributed by atoms with van der Waals surface area (Å²) in [6.07, 6.45) is 1.33. The van der Waals surface area contributed by atoms with Gasteiger partial charge in [-0.05, 0) is 36.6 Å². The summed E-state index contributed by atoms with van der Waals surface area (Å²) in [4.78, 5) is 26.7. The van der Waals surface area contributed by atoms with E-state index in [2.05, 4.69) is 5.32 Å². The molecule has 0 bridgehead atoms. The van der Waals surface area contributed by atoms with Crippen LogP contribution in [0.15, 0.2) is 36.4 Å². The molecule has 0 aromatic heterocycles. The van der Waals surface area contributed by atoms with E-state index in [1.807, 2.05) is 32.0 Å². The summed E-state index contributed by atoms with van der Waals surface area (Å²) >= 11 is 6.36. The van der Waals surface area contributed by atoms with Crippen molar-refractivity contribution in [3.63, 3.8) is 0 Å². The van der Waals surface area contributed by atoms with Gasteiger partial charge in [0.05, 0.1) is 30.1 Å². The highest BCUT2D eigenvalue weighted by atomic mass is 35.5. The normalized spacial score (nSPS) is 13.7.